The summed E-state index contributed by atoms with van der Waals surface area (Å²) in [6.45, 7) is 2.16. The van der Waals surface area contributed by atoms with Crippen molar-refractivity contribution in [3.63, 3.8) is 0 Å². The molecule has 3 amide bonds. The van der Waals surface area contributed by atoms with E-state index >= 15 is 0 Å². The summed E-state index contributed by atoms with van der Waals surface area (Å²) in [5.41, 5.74) is 8.79. The van der Waals surface area contributed by atoms with Crippen molar-refractivity contribution in [1.82, 2.24) is 10.4 Å². The number of rotatable bonds is 6. The molecule has 2 rings (SSSR count). The summed E-state index contributed by atoms with van der Waals surface area (Å²) >= 11 is 0. The van der Waals surface area contributed by atoms with Crippen LogP contribution in [0.4, 0.5) is 4.79 Å². The normalized spacial score (nSPS) is 10.2. The minimum Gasteiger partial charge on any atom is -0.350 e. The predicted molar refractivity (Wildman–Crippen MR) is 91.7 cm³/mol. The minimum absolute atomic E-state index is 0.0665. The van der Waals surface area contributed by atoms with Crippen LogP contribution in [0.15, 0.2) is 48.5 Å². The van der Waals surface area contributed by atoms with Crippen molar-refractivity contribution >= 4 is 11.9 Å². The number of hydrogen-bond acceptors (Lipinski definition) is 3. The average molecular weight is 327 g/mol. The maximum absolute atomic E-state index is 12.0. The summed E-state index contributed by atoms with van der Waals surface area (Å²) in [6.07, 6.45) is 1.00. The van der Waals surface area contributed by atoms with Gasteiger partial charge in [-0.05, 0) is 35.2 Å². The predicted octanol–water partition coefficient (Wildman–Crippen LogP) is 2.42. The number of nitrogens with one attached hydrogen (secondary N) is 1. The maximum Gasteiger partial charge on any atom is 0.338 e. The molecule has 4 N–H and O–H groups in total. The molecule has 6 nitrogen and oxygen atoms in total. The molecule has 0 atom stereocenters. The van der Waals surface area contributed by atoms with E-state index in [0.29, 0.717) is 10.6 Å². The van der Waals surface area contributed by atoms with Crippen molar-refractivity contribution in [1.29, 1.82) is 0 Å². The van der Waals surface area contributed by atoms with Gasteiger partial charge in [0.2, 0.25) is 0 Å². The van der Waals surface area contributed by atoms with E-state index < -0.39 is 6.03 Å². The largest absolute Gasteiger partial charge is 0.350 e. The van der Waals surface area contributed by atoms with Gasteiger partial charge in [0, 0.05) is 12.1 Å². The molecule has 0 saturated heterocycles. The molecule has 0 heterocycles. The van der Waals surface area contributed by atoms with Crippen LogP contribution < -0.4 is 11.1 Å². The lowest BCUT2D eigenvalue weighted by molar-refractivity contribution is -0.0376. The lowest BCUT2D eigenvalue weighted by atomic mass is 10.0. The molecule has 0 radical (unpaired) electrons. The van der Waals surface area contributed by atoms with Gasteiger partial charge in [-0.25, -0.2) is 9.86 Å². The van der Waals surface area contributed by atoms with Crippen LogP contribution in [0, 0.1) is 0 Å². The Balaban J connectivity index is 1.95. The fraction of sp³-hybridized carbons (Fsp3) is 0.222. The Morgan fingerprint density at radius 2 is 1.58 bits per heavy atom. The van der Waals surface area contributed by atoms with Crippen LogP contribution in [-0.4, -0.2) is 35.3 Å². The first-order valence-corrected chi connectivity index (χ1v) is 7.74. The lowest BCUT2D eigenvalue weighted by Gasteiger charge is -2.12. The average Bonchev–Trinajstić information content (AvgIpc) is 2.61. The molecule has 6 heteroatoms. The van der Waals surface area contributed by atoms with Gasteiger partial charge in [0.1, 0.15) is 0 Å². The van der Waals surface area contributed by atoms with Crippen molar-refractivity contribution in [2.45, 2.75) is 13.3 Å². The highest BCUT2D eigenvalue weighted by Crippen LogP contribution is 2.20. The van der Waals surface area contributed by atoms with Crippen molar-refractivity contribution in [2.24, 2.45) is 5.73 Å². The molecule has 2 aromatic rings. The number of nitrogens with zero attached hydrogens (tertiary/aromatic N) is 1. The zero-order valence-electron chi connectivity index (χ0n) is 13.5. The van der Waals surface area contributed by atoms with Crippen LogP contribution >= 0.6 is 0 Å². The second-order valence-electron chi connectivity index (χ2n) is 5.35. The molecule has 0 spiro atoms. The molecular formula is C18H21N3O3. The van der Waals surface area contributed by atoms with E-state index in [0.717, 1.165) is 17.5 Å². The molecule has 0 unspecified atom stereocenters. The molecule has 2 aromatic carbocycles. The molecular weight excluding hydrogens is 306 g/mol. The number of aryl methyl sites for hydroxylation is 1. The monoisotopic (exact) mass is 327 g/mol. The Labute approximate surface area is 140 Å². The lowest BCUT2D eigenvalue weighted by Crippen LogP contribution is -2.39. The first-order chi connectivity index (χ1) is 11.5. The van der Waals surface area contributed by atoms with Crippen LogP contribution in [0.3, 0.4) is 0 Å². The Morgan fingerprint density at radius 1 is 1.04 bits per heavy atom. The van der Waals surface area contributed by atoms with Crippen LogP contribution in [0.25, 0.3) is 11.1 Å². The third-order valence-corrected chi connectivity index (χ3v) is 3.71. The van der Waals surface area contributed by atoms with E-state index in [2.05, 4.69) is 36.5 Å². The first kappa shape index (κ1) is 17.5. The number of amides is 3. The number of carbonyl (C=O) groups is 2. The van der Waals surface area contributed by atoms with Gasteiger partial charge in [-0.2, -0.15) is 0 Å². The highest BCUT2D eigenvalue weighted by atomic mass is 16.5. The Bertz CT molecular complexity index is 696. The smallest absolute Gasteiger partial charge is 0.338 e. The first-order valence-electron chi connectivity index (χ1n) is 7.74. The van der Waals surface area contributed by atoms with Crippen LogP contribution in [0.5, 0.6) is 0 Å². The van der Waals surface area contributed by atoms with Gasteiger partial charge in [0.15, 0.2) is 0 Å². The summed E-state index contributed by atoms with van der Waals surface area (Å²) in [4.78, 5) is 22.6. The van der Waals surface area contributed by atoms with Gasteiger partial charge >= 0.3 is 6.03 Å². The molecule has 0 aromatic heterocycles. The third-order valence-electron chi connectivity index (χ3n) is 3.71. The topological polar surface area (TPSA) is 95.7 Å². The molecule has 0 fully saturated rings. The number of benzene rings is 2. The van der Waals surface area contributed by atoms with Gasteiger partial charge in [-0.3, -0.25) is 10.0 Å². The fourth-order valence-corrected chi connectivity index (χ4v) is 2.23. The van der Waals surface area contributed by atoms with Gasteiger partial charge in [-0.15, -0.1) is 0 Å². The zero-order valence-corrected chi connectivity index (χ0v) is 13.5. The highest BCUT2D eigenvalue weighted by Gasteiger charge is 2.08. The molecule has 0 aliphatic heterocycles. The van der Waals surface area contributed by atoms with E-state index in [9.17, 15) is 9.59 Å². The maximum atomic E-state index is 12.0. The van der Waals surface area contributed by atoms with Crippen LogP contribution in [0.1, 0.15) is 22.8 Å². The molecule has 0 aliphatic rings. The summed E-state index contributed by atoms with van der Waals surface area (Å²) in [5, 5.41) is 12.1. The minimum atomic E-state index is -0.956. The van der Waals surface area contributed by atoms with Crippen molar-refractivity contribution < 1.29 is 14.8 Å². The van der Waals surface area contributed by atoms with Gasteiger partial charge < -0.3 is 11.1 Å². The van der Waals surface area contributed by atoms with Crippen LogP contribution in [-0.2, 0) is 6.42 Å². The summed E-state index contributed by atoms with van der Waals surface area (Å²) < 4.78 is 0. The van der Waals surface area contributed by atoms with E-state index in [1.165, 1.54) is 5.56 Å². The van der Waals surface area contributed by atoms with Gasteiger partial charge in [0.25, 0.3) is 5.91 Å². The van der Waals surface area contributed by atoms with Crippen molar-refractivity contribution in [3.8, 4) is 11.1 Å². The standard InChI is InChI=1S/C18H21N3O3/c1-2-13-3-5-14(6-4-13)15-7-9-16(10-8-15)17(22)20-11-12-21(24)18(19)23/h3-10,24H,2,11-12H2,1H3,(H2,19,23)(H,20,22). The molecule has 0 aliphatic carbocycles. The summed E-state index contributed by atoms with van der Waals surface area (Å²) in [6, 6.07) is 14.6. The molecule has 0 bridgehead atoms. The van der Waals surface area contributed by atoms with Crippen LogP contribution in [0.2, 0.25) is 0 Å². The third kappa shape index (κ3) is 4.57. The summed E-state index contributed by atoms with van der Waals surface area (Å²) in [7, 11) is 0. The number of hydrogen-bond donors (Lipinski definition) is 3. The quantitative estimate of drug-likeness (QED) is 0.561. The zero-order chi connectivity index (χ0) is 17.5. The Hall–Kier alpha value is -2.86. The van der Waals surface area contributed by atoms with Crippen molar-refractivity contribution in [2.75, 3.05) is 13.1 Å². The van der Waals surface area contributed by atoms with E-state index in [1.807, 2.05) is 12.1 Å². The summed E-state index contributed by atoms with van der Waals surface area (Å²) in [5.74, 6) is -0.277. The van der Waals surface area contributed by atoms with E-state index in [1.54, 1.807) is 12.1 Å². The van der Waals surface area contributed by atoms with Gasteiger partial charge in [0.05, 0.1) is 6.54 Å². The number of nitrogens with two attached hydrogens (primary N) is 1. The molecule has 126 valence electrons. The highest BCUT2D eigenvalue weighted by molar-refractivity contribution is 5.94. The number of hydroxylamine groups is 2. The van der Waals surface area contributed by atoms with Gasteiger partial charge in [-0.1, -0.05) is 43.3 Å². The number of urea groups is 1. The van der Waals surface area contributed by atoms with E-state index in [-0.39, 0.29) is 19.0 Å². The number of carbonyl (C=O) groups excluding carboxylic acids is 2. The molecule has 24 heavy (non-hydrogen) atoms. The van der Waals surface area contributed by atoms with Crippen molar-refractivity contribution in [3.05, 3.63) is 59.7 Å². The van der Waals surface area contributed by atoms with E-state index in [4.69, 9.17) is 10.9 Å². The molecule has 0 saturated carbocycles. The second kappa shape index (κ2) is 8.12. The SMILES string of the molecule is CCc1ccc(-c2ccc(C(=O)NCCN(O)C(N)=O)cc2)cc1. The fourth-order valence-electron chi connectivity index (χ4n) is 2.23. The Kier molecular flexibility index (Phi) is 5.92. The Morgan fingerprint density at radius 3 is 2.08 bits per heavy atom. The second-order valence-corrected chi connectivity index (χ2v) is 5.35. The number of primary amides is 1.